The van der Waals surface area contributed by atoms with Crippen molar-refractivity contribution in [3.05, 3.63) is 59.4 Å². The van der Waals surface area contributed by atoms with Crippen LogP contribution in [-0.2, 0) is 6.54 Å². The third-order valence-corrected chi connectivity index (χ3v) is 2.60. The molecule has 0 fully saturated rings. The Labute approximate surface area is 94.7 Å². The van der Waals surface area contributed by atoms with Gasteiger partial charge in [-0.3, -0.25) is 0 Å². The normalized spacial score (nSPS) is 10.4. The molecule has 2 heteroatoms. The van der Waals surface area contributed by atoms with Crippen molar-refractivity contribution in [1.82, 2.24) is 0 Å². The van der Waals surface area contributed by atoms with Crippen LogP contribution in [0, 0.1) is 12.7 Å². The number of rotatable bonds is 2. The second-order valence-corrected chi connectivity index (χ2v) is 3.89. The summed E-state index contributed by atoms with van der Waals surface area (Å²) in [6.45, 7) is 2.42. The zero-order valence-electron chi connectivity index (χ0n) is 9.20. The third kappa shape index (κ3) is 2.12. The summed E-state index contributed by atoms with van der Waals surface area (Å²) in [7, 11) is 0. The van der Waals surface area contributed by atoms with Crippen LogP contribution < -0.4 is 5.73 Å². The maximum Gasteiger partial charge on any atom is 0.131 e. The lowest BCUT2D eigenvalue weighted by molar-refractivity contribution is 0.630. The van der Waals surface area contributed by atoms with E-state index in [9.17, 15) is 4.39 Å². The van der Waals surface area contributed by atoms with Gasteiger partial charge in [-0.25, -0.2) is 4.39 Å². The van der Waals surface area contributed by atoms with Gasteiger partial charge in [-0.1, -0.05) is 35.9 Å². The van der Waals surface area contributed by atoms with Crippen molar-refractivity contribution in [2.45, 2.75) is 13.5 Å². The smallest absolute Gasteiger partial charge is 0.131 e. The van der Waals surface area contributed by atoms with Crippen LogP contribution >= 0.6 is 0 Å². The van der Waals surface area contributed by atoms with Gasteiger partial charge in [0.15, 0.2) is 0 Å². The average Bonchev–Trinajstić information content (AvgIpc) is 2.30. The van der Waals surface area contributed by atoms with Crippen LogP contribution in [0.25, 0.3) is 11.1 Å². The number of benzene rings is 2. The minimum atomic E-state index is -0.206. The van der Waals surface area contributed by atoms with Crippen molar-refractivity contribution < 1.29 is 4.39 Å². The highest BCUT2D eigenvalue weighted by atomic mass is 19.1. The van der Waals surface area contributed by atoms with Crippen molar-refractivity contribution in [1.29, 1.82) is 0 Å². The first kappa shape index (κ1) is 10.8. The molecule has 0 spiro atoms. The van der Waals surface area contributed by atoms with E-state index in [1.807, 2.05) is 37.3 Å². The van der Waals surface area contributed by atoms with Crippen LogP contribution in [0.2, 0.25) is 0 Å². The molecule has 82 valence electrons. The highest BCUT2D eigenvalue weighted by molar-refractivity contribution is 5.65. The number of hydrogen-bond acceptors (Lipinski definition) is 1. The fourth-order valence-corrected chi connectivity index (χ4v) is 1.73. The zero-order valence-corrected chi connectivity index (χ0v) is 9.20. The lowest BCUT2D eigenvalue weighted by Crippen LogP contribution is -1.97. The number of halogens is 1. The van der Waals surface area contributed by atoms with Crippen molar-refractivity contribution in [3.8, 4) is 11.1 Å². The molecule has 2 N–H and O–H groups in total. The highest BCUT2D eigenvalue weighted by Gasteiger charge is 2.05. The zero-order chi connectivity index (χ0) is 11.5. The van der Waals surface area contributed by atoms with Crippen molar-refractivity contribution in [3.63, 3.8) is 0 Å². The predicted octanol–water partition coefficient (Wildman–Crippen LogP) is 3.26. The van der Waals surface area contributed by atoms with Crippen LogP contribution in [-0.4, -0.2) is 0 Å². The van der Waals surface area contributed by atoms with Crippen LogP contribution in [0.5, 0.6) is 0 Å². The van der Waals surface area contributed by atoms with Gasteiger partial charge in [0.25, 0.3) is 0 Å². The maximum atomic E-state index is 13.7. The quantitative estimate of drug-likeness (QED) is 0.817. The molecule has 2 aromatic rings. The van der Waals surface area contributed by atoms with E-state index in [0.29, 0.717) is 12.1 Å². The predicted molar refractivity (Wildman–Crippen MR) is 64.5 cm³/mol. The van der Waals surface area contributed by atoms with Gasteiger partial charge < -0.3 is 5.73 Å². The van der Waals surface area contributed by atoms with E-state index in [4.69, 9.17) is 5.73 Å². The molecule has 2 rings (SSSR count). The molecule has 0 saturated carbocycles. The van der Waals surface area contributed by atoms with Crippen molar-refractivity contribution >= 4 is 0 Å². The van der Waals surface area contributed by atoms with Gasteiger partial charge in [-0.2, -0.15) is 0 Å². The van der Waals surface area contributed by atoms with E-state index in [1.165, 1.54) is 6.07 Å². The Balaban J connectivity index is 2.54. The Hall–Kier alpha value is -1.67. The SMILES string of the molecule is Cc1cccc(-c2cc(CN)ccc2F)c1. The Morgan fingerprint density at radius 2 is 1.94 bits per heavy atom. The van der Waals surface area contributed by atoms with Gasteiger partial charge in [0.2, 0.25) is 0 Å². The fraction of sp³-hybridized carbons (Fsp3) is 0.143. The van der Waals surface area contributed by atoms with E-state index in [2.05, 4.69) is 0 Å². The van der Waals surface area contributed by atoms with E-state index < -0.39 is 0 Å². The summed E-state index contributed by atoms with van der Waals surface area (Å²) < 4.78 is 13.7. The fourth-order valence-electron chi connectivity index (χ4n) is 1.73. The number of nitrogens with two attached hydrogens (primary N) is 1. The molecule has 0 amide bonds. The van der Waals surface area contributed by atoms with Gasteiger partial charge >= 0.3 is 0 Å². The molecule has 0 radical (unpaired) electrons. The number of aryl methyl sites for hydroxylation is 1. The summed E-state index contributed by atoms with van der Waals surface area (Å²) in [6.07, 6.45) is 0. The molecule has 0 atom stereocenters. The Kier molecular flexibility index (Phi) is 3.02. The molecule has 0 bridgehead atoms. The van der Waals surface area contributed by atoms with Crippen molar-refractivity contribution in [2.75, 3.05) is 0 Å². The molecular formula is C14H14FN. The van der Waals surface area contributed by atoms with E-state index in [-0.39, 0.29) is 5.82 Å². The monoisotopic (exact) mass is 215 g/mol. The van der Waals surface area contributed by atoms with E-state index in [1.54, 1.807) is 6.07 Å². The molecule has 1 nitrogen and oxygen atoms in total. The lowest BCUT2D eigenvalue weighted by Gasteiger charge is -2.06. The minimum absolute atomic E-state index is 0.206. The maximum absolute atomic E-state index is 13.7. The Morgan fingerprint density at radius 1 is 1.12 bits per heavy atom. The molecule has 0 aromatic heterocycles. The Bertz CT molecular complexity index is 506. The molecule has 0 aliphatic carbocycles. The van der Waals surface area contributed by atoms with Crippen LogP contribution in [0.1, 0.15) is 11.1 Å². The second kappa shape index (κ2) is 4.45. The van der Waals surface area contributed by atoms with Gasteiger partial charge in [-0.15, -0.1) is 0 Å². The standard InChI is InChI=1S/C14H14FN/c1-10-3-2-4-12(7-10)13-8-11(9-16)5-6-14(13)15/h2-8H,9,16H2,1H3. The highest BCUT2D eigenvalue weighted by Crippen LogP contribution is 2.24. The first-order valence-electron chi connectivity index (χ1n) is 5.26. The summed E-state index contributed by atoms with van der Waals surface area (Å²) in [5.41, 5.74) is 9.13. The second-order valence-electron chi connectivity index (χ2n) is 3.89. The van der Waals surface area contributed by atoms with E-state index in [0.717, 1.165) is 16.7 Å². The molecule has 0 saturated heterocycles. The minimum Gasteiger partial charge on any atom is -0.326 e. The largest absolute Gasteiger partial charge is 0.326 e. The average molecular weight is 215 g/mol. The van der Waals surface area contributed by atoms with Crippen molar-refractivity contribution in [2.24, 2.45) is 5.73 Å². The van der Waals surface area contributed by atoms with Crippen LogP contribution in [0.15, 0.2) is 42.5 Å². The van der Waals surface area contributed by atoms with E-state index >= 15 is 0 Å². The molecule has 2 aromatic carbocycles. The molecule has 16 heavy (non-hydrogen) atoms. The third-order valence-electron chi connectivity index (χ3n) is 2.60. The van der Waals surface area contributed by atoms with Crippen LogP contribution in [0.4, 0.5) is 4.39 Å². The molecule has 0 heterocycles. The first-order chi connectivity index (χ1) is 7.70. The first-order valence-corrected chi connectivity index (χ1v) is 5.26. The summed E-state index contributed by atoms with van der Waals surface area (Å²) in [4.78, 5) is 0. The van der Waals surface area contributed by atoms with Crippen LogP contribution in [0.3, 0.4) is 0 Å². The van der Waals surface area contributed by atoms with Gasteiger partial charge in [0, 0.05) is 12.1 Å². The summed E-state index contributed by atoms with van der Waals surface area (Å²) in [5.74, 6) is -0.206. The van der Waals surface area contributed by atoms with Gasteiger partial charge in [0.05, 0.1) is 0 Å². The topological polar surface area (TPSA) is 26.0 Å². The molecule has 0 aliphatic heterocycles. The molecule has 0 aliphatic rings. The number of hydrogen-bond donors (Lipinski definition) is 1. The summed E-state index contributed by atoms with van der Waals surface area (Å²) >= 11 is 0. The van der Waals surface area contributed by atoms with Gasteiger partial charge in [-0.05, 0) is 30.2 Å². The summed E-state index contributed by atoms with van der Waals surface area (Å²) in [5, 5.41) is 0. The Morgan fingerprint density at radius 3 is 2.62 bits per heavy atom. The lowest BCUT2D eigenvalue weighted by atomic mass is 10.0. The summed E-state index contributed by atoms with van der Waals surface area (Å²) in [6, 6.07) is 12.8. The van der Waals surface area contributed by atoms with Gasteiger partial charge in [0.1, 0.15) is 5.82 Å². The molecular weight excluding hydrogens is 201 g/mol. The molecule has 0 unspecified atom stereocenters.